The average Bonchev–Trinajstić information content (AvgIpc) is 2.98. The highest BCUT2D eigenvalue weighted by atomic mass is 16.5. The van der Waals surface area contributed by atoms with Gasteiger partial charge in [0.15, 0.2) is 17.3 Å². The maximum Gasteiger partial charge on any atom is 0.166 e. The number of aromatic hydroxyl groups is 1. The third-order valence-electron chi connectivity index (χ3n) is 6.08. The van der Waals surface area contributed by atoms with Crippen LogP contribution in [0.25, 0.3) is 0 Å². The number of rotatable bonds is 5. The zero-order chi connectivity index (χ0) is 18.8. The Kier molecular flexibility index (Phi) is 5.17. The number of benzene rings is 2. The van der Waals surface area contributed by atoms with Crippen LogP contribution in [0.1, 0.15) is 40.7 Å². The molecule has 0 radical (unpaired) electrons. The first kappa shape index (κ1) is 18.1. The van der Waals surface area contributed by atoms with Crippen LogP contribution in [0.4, 0.5) is 0 Å². The Bertz CT molecular complexity index is 810. The lowest BCUT2D eigenvalue weighted by Crippen LogP contribution is -2.34. The number of ketones is 1. The monoisotopic (exact) mass is 365 g/mol. The molecule has 142 valence electrons. The van der Waals surface area contributed by atoms with Crippen LogP contribution in [-0.2, 0) is 13.0 Å². The van der Waals surface area contributed by atoms with Gasteiger partial charge in [0.1, 0.15) is 0 Å². The molecule has 4 nitrogen and oxygen atoms in total. The van der Waals surface area contributed by atoms with Gasteiger partial charge in [0.05, 0.1) is 7.11 Å². The number of ether oxygens (including phenoxy) is 1. The first-order valence-electron chi connectivity index (χ1n) is 9.84. The Morgan fingerprint density at radius 1 is 1.15 bits per heavy atom. The second-order valence-corrected chi connectivity index (χ2v) is 7.89. The molecule has 0 unspecified atom stereocenters. The summed E-state index contributed by atoms with van der Waals surface area (Å²) in [6.45, 7) is 3.21. The summed E-state index contributed by atoms with van der Waals surface area (Å²) in [5.74, 6) is 1.39. The fourth-order valence-corrected chi connectivity index (χ4v) is 4.57. The number of hydrogen-bond donors (Lipinski definition) is 1. The summed E-state index contributed by atoms with van der Waals surface area (Å²) in [6.07, 6.45) is 4.01. The van der Waals surface area contributed by atoms with Crippen molar-refractivity contribution < 1.29 is 14.6 Å². The predicted octanol–water partition coefficient (Wildman–Crippen LogP) is 4.06. The van der Waals surface area contributed by atoms with E-state index in [0.29, 0.717) is 11.7 Å². The van der Waals surface area contributed by atoms with E-state index in [1.54, 1.807) is 12.1 Å². The van der Waals surface area contributed by atoms with Crippen LogP contribution in [0.5, 0.6) is 11.5 Å². The van der Waals surface area contributed by atoms with Crippen LogP contribution in [-0.4, -0.2) is 36.0 Å². The number of phenolic OH excluding ortho intramolecular Hbond substituents is 1. The van der Waals surface area contributed by atoms with Gasteiger partial charge in [-0.2, -0.15) is 0 Å². The van der Waals surface area contributed by atoms with Crippen molar-refractivity contribution in [2.45, 2.75) is 32.2 Å². The summed E-state index contributed by atoms with van der Waals surface area (Å²) in [4.78, 5) is 15.3. The molecular weight excluding hydrogens is 338 g/mol. The highest BCUT2D eigenvalue weighted by Gasteiger charge is 2.34. The number of carbonyl (C=O) groups is 1. The minimum atomic E-state index is 0.0529. The van der Waals surface area contributed by atoms with Gasteiger partial charge in [-0.25, -0.2) is 0 Å². The number of piperidine rings is 1. The van der Waals surface area contributed by atoms with E-state index in [9.17, 15) is 9.90 Å². The van der Waals surface area contributed by atoms with Gasteiger partial charge < -0.3 is 9.84 Å². The van der Waals surface area contributed by atoms with Gasteiger partial charge in [-0.3, -0.25) is 9.69 Å². The Labute approximate surface area is 160 Å². The number of methoxy groups -OCH3 is 1. The number of phenols is 1. The van der Waals surface area contributed by atoms with Gasteiger partial charge in [0, 0.05) is 18.0 Å². The van der Waals surface area contributed by atoms with Crippen LogP contribution in [0.3, 0.4) is 0 Å². The van der Waals surface area contributed by atoms with Crippen LogP contribution in [0.15, 0.2) is 42.5 Å². The minimum absolute atomic E-state index is 0.0529. The van der Waals surface area contributed by atoms with Gasteiger partial charge in [0.25, 0.3) is 0 Å². The van der Waals surface area contributed by atoms with E-state index in [2.05, 4.69) is 35.2 Å². The lowest BCUT2D eigenvalue weighted by molar-refractivity contribution is 0.0895. The second-order valence-electron chi connectivity index (χ2n) is 7.89. The number of nitrogens with zero attached hydrogens (tertiary/aromatic N) is 1. The molecule has 1 atom stereocenters. The molecule has 4 heteroatoms. The van der Waals surface area contributed by atoms with Crippen LogP contribution >= 0.6 is 0 Å². The molecule has 0 spiro atoms. The highest BCUT2D eigenvalue weighted by molar-refractivity contribution is 6.02. The molecule has 1 saturated heterocycles. The third kappa shape index (κ3) is 3.86. The largest absolute Gasteiger partial charge is 0.504 e. The van der Waals surface area contributed by atoms with E-state index >= 15 is 0 Å². The zero-order valence-corrected chi connectivity index (χ0v) is 15.9. The molecule has 1 fully saturated rings. The van der Waals surface area contributed by atoms with E-state index in [1.165, 1.54) is 12.7 Å². The van der Waals surface area contributed by atoms with Crippen molar-refractivity contribution in [1.82, 2.24) is 4.90 Å². The summed E-state index contributed by atoms with van der Waals surface area (Å²) in [5.41, 5.74) is 3.06. The molecule has 1 heterocycles. The fraction of sp³-hybridized carbons (Fsp3) is 0.435. The molecule has 0 bridgehead atoms. The molecule has 4 rings (SSSR count). The Balaban J connectivity index is 1.32. The van der Waals surface area contributed by atoms with E-state index in [1.807, 2.05) is 0 Å². The number of likely N-dealkylation sites (tertiary alicyclic amines) is 1. The summed E-state index contributed by atoms with van der Waals surface area (Å²) in [5, 5.41) is 9.98. The Morgan fingerprint density at radius 3 is 2.59 bits per heavy atom. The van der Waals surface area contributed by atoms with Gasteiger partial charge in [-0.1, -0.05) is 30.3 Å². The lowest BCUT2D eigenvalue weighted by Gasteiger charge is -2.32. The van der Waals surface area contributed by atoms with Gasteiger partial charge in [0.2, 0.25) is 0 Å². The molecule has 0 amide bonds. The van der Waals surface area contributed by atoms with E-state index in [0.717, 1.165) is 56.4 Å². The van der Waals surface area contributed by atoms with Gasteiger partial charge >= 0.3 is 0 Å². The Hall–Kier alpha value is -2.33. The van der Waals surface area contributed by atoms with Crippen molar-refractivity contribution in [2.75, 3.05) is 20.2 Å². The maximum atomic E-state index is 12.8. The summed E-state index contributed by atoms with van der Waals surface area (Å²) < 4.78 is 5.16. The van der Waals surface area contributed by atoms with Crippen molar-refractivity contribution in [2.24, 2.45) is 11.8 Å². The van der Waals surface area contributed by atoms with Crippen molar-refractivity contribution >= 4 is 5.78 Å². The fourth-order valence-electron chi connectivity index (χ4n) is 4.57. The lowest BCUT2D eigenvalue weighted by atomic mass is 9.85. The topological polar surface area (TPSA) is 49.8 Å². The number of carbonyl (C=O) groups excluding carboxylic acids is 1. The molecule has 1 aliphatic heterocycles. The standard InChI is InChI=1S/C23H27NO3/c1-27-22-14-20-18(13-21(22)25)12-19(23(20)26)11-16-7-9-24(10-8-16)15-17-5-3-2-4-6-17/h2-6,13-14,16,19,25H,7-12,15H2,1H3/t19-/m0/s1. The van der Waals surface area contributed by atoms with Crippen LogP contribution in [0, 0.1) is 11.8 Å². The molecule has 0 saturated carbocycles. The molecule has 2 aromatic carbocycles. The number of hydrogen-bond acceptors (Lipinski definition) is 4. The Morgan fingerprint density at radius 2 is 1.89 bits per heavy atom. The summed E-state index contributed by atoms with van der Waals surface area (Å²) in [7, 11) is 1.52. The molecule has 2 aromatic rings. The van der Waals surface area contributed by atoms with E-state index < -0.39 is 0 Å². The van der Waals surface area contributed by atoms with Gasteiger partial charge in [-0.05, 0) is 68.0 Å². The van der Waals surface area contributed by atoms with Crippen molar-refractivity contribution in [3.8, 4) is 11.5 Å². The molecule has 0 aromatic heterocycles. The van der Waals surface area contributed by atoms with Crippen molar-refractivity contribution in [1.29, 1.82) is 0 Å². The number of Topliss-reactive ketones (excluding diaryl/α,β-unsaturated/α-hetero) is 1. The minimum Gasteiger partial charge on any atom is -0.504 e. The first-order valence-corrected chi connectivity index (χ1v) is 9.84. The van der Waals surface area contributed by atoms with E-state index in [-0.39, 0.29) is 17.5 Å². The van der Waals surface area contributed by atoms with E-state index in [4.69, 9.17) is 4.74 Å². The van der Waals surface area contributed by atoms with Crippen LogP contribution < -0.4 is 4.74 Å². The highest BCUT2D eigenvalue weighted by Crippen LogP contribution is 2.39. The molecule has 1 aliphatic carbocycles. The quantitative estimate of drug-likeness (QED) is 0.868. The average molecular weight is 365 g/mol. The van der Waals surface area contributed by atoms with Gasteiger partial charge in [-0.15, -0.1) is 0 Å². The molecule has 1 N–H and O–H groups in total. The third-order valence-corrected chi connectivity index (χ3v) is 6.08. The molecule has 2 aliphatic rings. The predicted molar refractivity (Wildman–Crippen MR) is 105 cm³/mol. The summed E-state index contributed by atoms with van der Waals surface area (Å²) in [6, 6.07) is 14.0. The SMILES string of the molecule is COc1cc2c(cc1O)C[C@H](CC1CCN(Cc3ccccc3)CC1)C2=O. The normalized spacial score (nSPS) is 20.6. The number of fused-ring (bicyclic) bond motifs is 1. The first-order chi connectivity index (χ1) is 13.1. The van der Waals surface area contributed by atoms with Crippen molar-refractivity contribution in [3.05, 3.63) is 59.2 Å². The second kappa shape index (κ2) is 7.73. The smallest absolute Gasteiger partial charge is 0.166 e. The molecular formula is C23H27NO3. The zero-order valence-electron chi connectivity index (χ0n) is 15.9. The summed E-state index contributed by atoms with van der Waals surface area (Å²) >= 11 is 0. The van der Waals surface area contributed by atoms with Crippen molar-refractivity contribution in [3.63, 3.8) is 0 Å². The van der Waals surface area contributed by atoms with Crippen LogP contribution in [0.2, 0.25) is 0 Å². The molecule has 27 heavy (non-hydrogen) atoms. The maximum absolute atomic E-state index is 12.8.